The van der Waals surface area contributed by atoms with E-state index >= 15 is 0 Å². The van der Waals surface area contributed by atoms with Crippen LogP contribution >= 0.6 is 0 Å². The van der Waals surface area contributed by atoms with Crippen LogP contribution in [-0.4, -0.2) is 31.9 Å². The molecule has 0 spiro atoms. The number of allylic oxidation sites excluding steroid dienone is 2. The molecular formula is C9H13NO5S. The van der Waals surface area contributed by atoms with Gasteiger partial charge in [-0.25, -0.2) is 0 Å². The second-order valence-electron chi connectivity index (χ2n) is 3.14. The van der Waals surface area contributed by atoms with E-state index in [9.17, 15) is 8.42 Å². The molecule has 0 aromatic carbocycles. The molecule has 0 aromatic heterocycles. The Morgan fingerprint density at radius 3 is 2.88 bits per heavy atom. The van der Waals surface area contributed by atoms with Crippen molar-refractivity contribution in [2.24, 2.45) is 5.73 Å². The van der Waals surface area contributed by atoms with Gasteiger partial charge in [0, 0.05) is 18.9 Å². The van der Waals surface area contributed by atoms with Crippen LogP contribution in [0.25, 0.3) is 0 Å². The molecule has 0 amide bonds. The number of rotatable bonds is 4. The summed E-state index contributed by atoms with van der Waals surface area (Å²) in [6.07, 6.45) is 5.54. The van der Waals surface area contributed by atoms with Crippen LogP contribution in [0.1, 0.15) is 0 Å². The van der Waals surface area contributed by atoms with E-state index < -0.39 is 15.4 Å². The largest absolute Gasteiger partial charge is 0.465 e. The van der Waals surface area contributed by atoms with Gasteiger partial charge in [0.1, 0.15) is 11.0 Å². The zero-order valence-electron chi connectivity index (χ0n) is 8.66. The Hall–Kier alpha value is -1.31. The first kappa shape index (κ1) is 12.8. The molecule has 16 heavy (non-hydrogen) atoms. The van der Waals surface area contributed by atoms with Gasteiger partial charge in [0.05, 0.1) is 12.9 Å². The molecule has 90 valence electrons. The highest BCUT2D eigenvalue weighted by molar-refractivity contribution is 7.86. The maximum atomic E-state index is 11.0. The van der Waals surface area contributed by atoms with Crippen LogP contribution < -0.4 is 5.73 Å². The lowest BCUT2D eigenvalue weighted by molar-refractivity contribution is 0.202. The fraction of sp³-hybridized carbons (Fsp3) is 0.333. The first-order valence-corrected chi connectivity index (χ1v) is 5.91. The zero-order chi connectivity index (χ0) is 12.2. The molecule has 0 aliphatic carbocycles. The van der Waals surface area contributed by atoms with Crippen LogP contribution in [0.4, 0.5) is 0 Å². The molecule has 6 nitrogen and oxygen atoms in total. The average Bonchev–Trinajstić information content (AvgIpc) is 2.16. The molecule has 1 heterocycles. The Morgan fingerprint density at radius 2 is 2.38 bits per heavy atom. The van der Waals surface area contributed by atoms with Crippen molar-refractivity contribution in [2.45, 2.75) is 5.25 Å². The quantitative estimate of drug-likeness (QED) is 0.686. The van der Waals surface area contributed by atoms with Crippen molar-refractivity contribution < 1.29 is 22.4 Å². The van der Waals surface area contributed by atoms with Gasteiger partial charge < -0.3 is 15.2 Å². The van der Waals surface area contributed by atoms with Gasteiger partial charge in [0.2, 0.25) is 0 Å². The number of hydrogen-bond donors (Lipinski definition) is 2. The third-order valence-electron chi connectivity index (χ3n) is 1.84. The molecule has 0 bridgehead atoms. The Morgan fingerprint density at radius 1 is 1.69 bits per heavy atom. The summed E-state index contributed by atoms with van der Waals surface area (Å²) < 4.78 is 40.6. The first-order valence-electron chi connectivity index (χ1n) is 4.41. The molecule has 1 atom stereocenters. The van der Waals surface area contributed by atoms with Gasteiger partial charge >= 0.3 is 0 Å². The van der Waals surface area contributed by atoms with Crippen LogP contribution in [0, 0.1) is 0 Å². The van der Waals surface area contributed by atoms with Crippen LogP contribution in [0.5, 0.6) is 0 Å². The molecule has 0 radical (unpaired) electrons. The lowest BCUT2D eigenvalue weighted by atomic mass is 10.3. The molecule has 0 aromatic rings. The maximum absolute atomic E-state index is 11.0. The molecular weight excluding hydrogens is 234 g/mol. The molecule has 3 N–H and O–H groups in total. The lowest BCUT2D eigenvalue weighted by Gasteiger charge is -2.12. The molecule has 1 rings (SSSR count). The van der Waals surface area contributed by atoms with E-state index in [1.54, 1.807) is 0 Å². The SMILES string of the molecule is COCC(/C=C1/C=C(N)C=CO1)S(=O)(=O)O. The first-order chi connectivity index (χ1) is 7.43. The van der Waals surface area contributed by atoms with E-state index in [-0.39, 0.29) is 12.4 Å². The Kier molecular flexibility index (Phi) is 4.11. The minimum Gasteiger partial charge on any atom is -0.465 e. The minimum atomic E-state index is -4.22. The molecule has 7 heteroatoms. The van der Waals surface area contributed by atoms with E-state index in [2.05, 4.69) is 4.74 Å². The van der Waals surface area contributed by atoms with Crippen molar-refractivity contribution in [3.05, 3.63) is 35.9 Å². The second kappa shape index (κ2) is 5.15. The number of hydrogen-bond acceptors (Lipinski definition) is 5. The van der Waals surface area contributed by atoms with E-state index in [0.717, 1.165) is 0 Å². The summed E-state index contributed by atoms with van der Waals surface area (Å²) in [6.45, 7) is -0.164. The average molecular weight is 247 g/mol. The molecule has 1 unspecified atom stereocenters. The summed E-state index contributed by atoms with van der Waals surface area (Å²) in [5.41, 5.74) is 5.93. The van der Waals surface area contributed by atoms with Gasteiger partial charge in [-0.15, -0.1) is 0 Å². The van der Waals surface area contributed by atoms with Crippen LogP contribution in [0.3, 0.4) is 0 Å². The minimum absolute atomic E-state index is 0.164. The normalized spacial score (nSPS) is 20.4. The molecule has 1 aliphatic heterocycles. The van der Waals surface area contributed by atoms with Crippen molar-refractivity contribution in [1.29, 1.82) is 0 Å². The second-order valence-corrected chi connectivity index (χ2v) is 4.78. The van der Waals surface area contributed by atoms with Crippen molar-refractivity contribution in [2.75, 3.05) is 13.7 Å². The fourth-order valence-corrected chi connectivity index (χ4v) is 1.71. The van der Waals surface area contributed by atoms with Crippen molar-refractivity contribution in [3.63, 3.8) is 0 Å². The molecule has 0 saturated carbocycles. The van der Waals surface area contributed by atoms with Gasteiger partial charge in [-0.3, -0.25) is 4.55 Å². The lowest BCUT2D eigenvalue weighted by Crippen LogP contribution is -2.24. The van der Waals surface area contributed by atoms with Gasteiger partial charge in [0.25, 0.3) is 10.1 Å². The summed E-state index contributed by atoms with van der Waals surface area (Å²) in [5.74, 6) is 0.250. The number of methoxy groups -OCH3 is 1. The highest BCUT2D eigenvalue weighted by Crippen LogP contribution is 2.13. The molecule has 0 fully saturated rings. The van der Waals surface area contributed by atoms with Gasteiger partial charge in [-0.1, -0.05) is 0 Å². The Bertz CT molecular complexity index is 435. The maximum Gasteiger partial charge on any atom is 0.273 e. The van der Waals surface area contributed by atoms with E-state index in [1.807, 2.05) is 0 Å². The summed E-state index contributed by atoms with van der Waals surface area (Å²) >= 11 is 0. The van der Waals surface area contributed by atoms with E-state index in [0.29, 0.717) is 5.70 Å². The van der Waals surface area contributed by atoms with Crippen LogP contribution in [0.2, 0.25) is 0 Å². The fourth-order valence-electron chi connectivity index (χ4n) is 1.09. The molecule has 0 saturated heterocycles. The summed E-state index contributed by atoms with van der Waals surface area (Å²) in [4.78, 5) is 0. The van der Waals surface area contributed by atoms with Crippen LogP contribution in [0.15, 0.2) is 35.9 Å². The third kappa shape index (κ3) is 3.69. The van der Waals surface area contributed by atoms with Crippen LogP contribution in [-0.2, 0) is 19.6 Å². The molecule has 1 aliphatic rings. The number of ether oxygens (including phenoxy) is 2. The van der Waals surface area contributed by atoms with E-state index in [4.69, 9.17) is 15.0 Å². The van der Waals surface area contributed by atoms with Gasteiger partial charge in [-0.05, 0) is 12.2 Å². The number of nitrogens with two attached hydrogens (primary N) is 1. The standard InChI is InChI=1S/C9H13NO5S/c1-14-6-9(16(11,12)13)5-8-4-7(10)2-3-15-8/h2-5,9H,6,10H2,1H3,(H,11,12,13)/b8-5-. The topological polar surface area (TPSA) is 98.9 Å². The predicted octanol–water partition coefficient (Wildman–Crippen LogP) is 0.160. The van der Waals surface area contributed by atoms with Gasteiger partial charge in [-0.2, -0.15) is 8.42 Å². The highest BCUT2D eigenvalue weighted by atomic mass is 32.2. The van der Waals surface area contributed by atoms with Crippen molar-refractivity contribution in [3.8, 4) is 0 Å². The highest BCUT2D eigenvalue weighted by Gasteiger charge is 2.21. The van der Waals surface area contributed by atoms with Crippen molar-refractivity contribution >= 4 is 10.1 Å². The Labute approximate surface area is 93.8 Å². The van der Waals surface area contributed by atoms with Gasteiger partial charge in [0.15, 0.2) is 0 Å². The monoisotopic (exact) mass is 247 g/mol. The predicted molar refractivity (Wildman–Crippen MR) is 57.8 cm³/mol. The smallest absolute Gasteiger partial charge is 0.273 e. The summed E-state index contributed by atoms with van der Waals surface area (Å²) in [6, 6.07) is 0. The zero-order valence-corrected chi connectivity index (χ0v) is 9.48. The summed E-state index contributed by atoms with van der Waals surface area (Å²) in [5, 5.41) is -1.18. The summed E-state index contributed by atoms with van der Waals surface area (Å²) in [7, 11) is -2.88. The Balaban J connectivity index is 2.91. The third-order valence-corrected chi connectivity index (χ3v) is 2.87. The van der Waals surface area contributed by atoms with E-state index in [1.165, 1.54) is 31.6 Å². The van der Waals surface area contributed by atoms with Crippen molar-refractivity contribution in [1.82, 2.24) is 0 Å².